The van der Waals surface area contributed by atoms with Gasteiger partial charge in [-0.15, -0.1) is 0 Å². The van der Waals surface area contributed by atoms with Crippen LogP contribution in [0.4, 0.5) is 11.4 Å². The molecule has 0 aliphatic carbocycles. The van der Waals surface area contributed by atoms with Crippen molar-refractivity contribution in [2.24, 2.45) is 0 Å². The number of aliphatic hydroxyl groups is 1. The van der Waals surface area contributed by atoms with E-state index in [2.05, 4.69) is 37.9 Å². The zero-order chi connectivity index (χ0) is 20.0. The molecule has 1 N–H and O–H groups in total. The third kappa shape index (κ3) is 4.87. The Labute approximate surface area is 162 Å². The van der Waals surface area contributed by atoms with Gasteiger partial charge in [-0.25, -0.2) is 0 Å². The van der Waals surface area contributed by atoms with Crippen molar-refractivity contribution in [3.8, 4) is 0 Å². The van der Waals surface area contributed by atoms with E-state index >= 15 is 0 Å². The fourth-order valence-electron chi connectivity index (χ4n) is 3.42. The van der Waals surface area contributed by atoms with Crippen molar-refractivity contribution in [1.82, 2.24) is 0 Å². The van der Waals surface area contributed by atoms with E-state index < -0.39 is 0 Å². The van der Waals surface area contributed by atoms with E-state index in [0.29, 0.717) is 19.8 Å². The topological polar surface area (TPSA) is 51.2 Å². The van der Waals surface area contributed by atoms with E-state index in [-0.39, 0.29) is 6.61 Å². The third-order valence-corrected chi connectivity index (χ3v) is 4.91. The molecule has 0 aromatic heterocycles. The van der Waals surface area contributed by atoms with E-state index in [0.717, 1.165) is 39.2 Å². The number of methoxy groups -OCH3 is 3. The maximum absolute atomic E-state index is 9.69. The average Bonchev–Trinajstić information content (AvgIpc) is 2.66. The lowest BCUT2D eigenvalue weighted by molar-refractivity contribution is 0.179. The van der Waals surface area contributed by atoms with Crippen LogP contribution in [-0.4, -0.2) is 33.5 Å². The Hall–Kier alpha value is -1.92. The molecule has 0 saturated heterocycles. The number of rotatable bonds is 9. The van der Waals surface area contributed by atoms with Crippen molar-refractivity contribution in [2.45, 2.75) is 40.3 Å². The van der Waals surface area contributed by atoms with Gasteiger partial charge in [-0.2, -0.15) is 0 Å². The molecular formula is C22H31NO4. The van der Waals surface area contributed by atoms with E-state index in [4.69, 9.17) is 14.2 Å². The van der Waals surface area contributed by atoms with E-state index in [1.165, 1.54) is 5.56 Å². The summed E-state index contributed by atoms with van der Waals surface area (Å²) in [6.45, 7) is 5.80. The van der Waals surface area contributed by atoms with Crippen molar-refractivity contribution in [3.63, 3.8) is 0 Å². The third-order valence-electron chi connectivity index (χ3n) is 4.91. The molecule has 2 aromatic rings. The number of benzene rings is 2. The van der Waals surface area contributed by atoms with Crippen LogP contribution in [0, 0.1) is 13.8 Å². The molecule has 0 fully saturated rings. The molecular weight excluding hydrogens is 342 g/mol. The Kier molecular flexibility index (Phi) is 7.80. The fraction of sp³-hybridized carbons (Fsp3) is 0.455. The molecule has 2 rings (SSSR count). The number of hydrogen-bond donors (Lipinski definition) is 1. The summed E-state index contributed by atoms with van der Waals surface area (Å²) in [5.41, 5.74) is 8.65. The first kappa shape index (κ1) is 21.4. The molecule has 0 unspecified atom stereocenters. The van der Waals surface area contributed by atoms with E-state index in [1.54, 1.807) is 21.3 Å². The normalized spacial score (nSPS) is 11.1. The zero-order valence-electron chi connectivity index (χ0n) is 17.3. The summed E-state index contributed by atoms with van der Waals surface area (Å²) in [6.07, 6.45) is 0. The molecule has 148 valence electrons. The highest BCUT2D eigenvalue weighted by Gasteiger charge is 2.16. The molecule has 0 amide bonds. The van der Waals surface area contributed by atoms with Gasteiger partial charge in [-0.3, -0.25) is 0 Å². The van der Waals surface area contributed by atoms with E-state index in [9.17, 15) is 5.11 Å². The Morgan fingerprint density at radius 3 is 1.63 bits per heavy atom. The van der Waals surface area contributed by atoms with Crippen LogP contribution in [0.1, 0.15) is 33.4 Å². The summed E-state index contributed by atoms with van der Waals surface area (Å²) in [5.74, 6) is 0. The quantitative estimate of drug-likeness (QED) is 0.720. The van der Waals surface area contributed by atoms with Crippen molar-refractivity contribution in [1.29, 1.82) is 0 Å². The van der Waals surface area contributed by atoms with Gasteiger partial charge in [0.15, 0.2) is 0 Å². The highest BCUT2D eigenvalue weighted by atomic mass is 16.5. The maximum atomic E-state index is 9.69. The first-order valence-corrected chi connectivity index (χ1v) is 9.03. The van der Waals surface area contributed by atoms with E-state index in [1.807, 2.05) is 12.1 Å². The second-order valence-electron chi connectivity index (χ2n) is 6.81. The summed E-state index contributed by atoms with van der Waals surface area (Å²) < 4.78 is 16.1. The van der Waals surface area contributed by atoms with Crippen LogP contribution in [0.3, 0.4) is 0 Å². The SMILES string of the molecule is COCc1cc(COC)c(C)c(N(C)c2cc(CO)cc(COC)c2C)c1. The molecule has 0 aliphatic heterocycles. The summed E-state index contributed by atoms with van der Waals surface area (Å²) in [6, 6.07) is 8.32. The summed E-state index contributed by atoms with van der Waals surface area (Å²) >= 11 is 0. The van der Waals surface area contributed by atoms with Gasteiger partial charge >= 0.3 is 0 Å². The first-order valence-electron chi connectivity index (χ1n) is 9.03. The standard InChI is InChI=1S/C22H31NO4/c1-15-19(13-26-5)7-17(11-24)9-21(15)23(3)22-10-18(12-25-4)8-20(14-27-6)16(22)2/h7-10,24H,11-14H2,1-6H3. The molecule has 0 heterocycles. The first-order chi connectivity index (χ1) is 13.0. The predicted molar refractivity (Wildman–Crippen MR) is 108 cm³/mol. The number of ether oxygens (including phenoxy) is 3. The van der Waals surface area contributed by atoms with Crippen LogP contribution in [0.15, 0.2) is 24.3 Å². The lowest BCUT2D eigenvalue weighted by atomic mass is 9.99. The van der Waals surface area contributed by atoms with Gasteiger partial charge < -0.3 is 24.2 Å². The number of anilines is 2. The van der Waals surface area contributed by atoms with Crippen LogP contribution < -0.4 is 4.90 Å². The molecule has 0 radical (unpaired) electrons. The van der Waals surface area contributed by atoms with Gasteiger partial charge in [0, 0.05) is 39.8 Å². The molecule has 0 atom stereocenters. The van der Waals surface area contributed by atoms with Crippen molar-refractivity contribution >= 4 is 11.4 Å². The van der Waals surface area contributed by atoms with Gasteiger partial charge in [0.25, 0.3) is 0 Å². The van der Waals surface area contributed by atoms with Gasteiger partial charge in [-0.05, 0) is 59.4 Å². The molecule has 5 nitrogen and oxygen atoms in total. The summed E-state index contributed by atoms with van der Waals surface area (Å²) in [7, 11) is 7.14. The number of hydrogen-bond acceptors (Lipinski definition) is 5. The van der Waals surface area contributed by atoms with Crippen molar-refractivity contribution < 1.29 is 19.3 Å². The maximum Gasteiger partial charge on any atom is 0.0716 e. The predicted octanol–water partition coefficient (Wildman–Crippen LogP) is 4.00. The molecule has 0 saturated carbocycles. The van der Waals surface area contributed by atoms with Crippen molar-refractivity contribution in [3.05, 3.63) is 57.6 Å². The molecule has 0 spiro atoms. The zero-order valence-corrected chi connectivity index (χ0v) is 17.3. The largest absolute Gasteiger partial charge is 0.392 e. The van der Waals surface area contributed by atoms with Gasteiger partial charge in [0.2, 0.25) is 0 Å². The number of nitrogens with zero attached hydrogens (tertiary/aromatic N) is 1. The monoisotopic (exact) mass is 373 g/mol. The van der Waals surface area contributed by atoms with Crippen LogP contribution in [0.5, 0.6) is 0 Å². The Bertz CT molecular complexity index is 773. The lowest BCUT2D eigenvalue weighted by Crippen LogP contribution is -2.15. The minimum absolute atomic E-state index is 0.00451. The minimum Gasteiger partial charge on any atom is -0.392 e. The summed E-state index contributed by atoms with van der Waals surface area (Å²) in [4.78, 5) is 2.17. The highest BCUT2D eigenvalue weighted by molar-refractivity contribution is 5.71. The highest BCUT2D eigenvalue weighted by Crippen LogP contribution is 2.34. The number of aliphatic hydroxyl groups excluding tert-OH is 1. The molecule has 27 heavy (non-hydrogen) atoms. The lowest BCUT2D eigenvalue weighted by Gasteiger charge is -2.27. The Morgan fingerprint density at radius 1 is 0.741 bits per heavy atom. The molecule has 2 aromatic carbocycles. The second kappa shape index (κ2) is 9.85. The smallest absolute Gasteiger partial charge is 0.0716 e. The van der Waals surface area contributed by atoms with Crippen LogP contribution in [0.2, 0.25) is 0 Å². The van der Waals surface area contributed by atoms with Gasteiger partial charge in [0.05, 0.1) is 26.4 Å². The summed E-state index contributed by atoms with van der Waals surface area (Å²) in [5, 5.41) is 9.69. The molecule has 0 aliphatic rings. The van der Waals surface area contributed by atoms with Crippen LogP contribution in [-0.2, 0) is 40.6 Å². The van der Waals surface area contributed by atoms with Crippen LogP contribution >= 0.6 is 0 Å². The average molecular weight is 373 g/mol. The van der Waals surface area contributed by atoms with Gasteiger partial charge in [-0.1, -0.05) is 12.1 Å². The minimum atomic E-state index is -0.00451. The fourth-order valence-corrected chi connectivity index (χ4v) is 3.42. The molecule has 5 heteroatoms. The second-order valence-corrected chi connectivity index (χ2v) is 6.81. The Balaban J connectivity index is 2.59. The van der Waals surface area contributed by atoms with Crippen LogP contribution in [0.25, 0.3) is 0 Å². The Morgan fingerprint density at radius 2 is 1.19 bits per heavy atom. The molecule has 0 bridgehead atoms. The van der Waals surface area contributed by atoms with Gasteiger partial charge in [0.1, 0.15) is 0 Å². The van der Waals surface area contributed by atoms with Crippen molar-refractivity contribution in [2.75, 3.05) is 33.3 Å².